The van der Waals surface area contributed by atoms with Crippen molar-refractivity contribution in [2.75, 3.05) is 26.2 Å². The summed E-state index contributed by atoms with van der Waals surface area (Å²) < 4.78 is 0. The third-order valence-electron chi connectivity index (χ3n) is 3.78. The van der Waals surface area contributed by atoms with Gasteiger partial charge in [-0.15, -0.1) is 12.4 Å². The Hall–Kier alpha value is -1.01. The molecule has 1 heterocycles. The lowest BCUT2D eigenvalue weighted by atomic mass is 10.1. The molecule has 0 aliphatic carbocycles. The van der Waals surface area contributed by atoms with Crippen LogP contribution < -0.4 is 10.6 Å². The van der Waals surface area contributed by atoms with E-state index in [0.717, 1.165) is 13.0 Å². The van der Waals surface area contributed by atoms with Gasteiger partial charge < -0.3 is 15.5 Å². The van der Waals surface area contributed by atoms with Crippen molar-refractivity contribution in [3.8, 4) is 0 Å². The van der Waals surface area contributed by atoms with E-state index in [4.69, 9.17) is 23.2 Å². The first-order valence-electron chi connectivity index (χ1n) is 7.78. The van der Waals surface area contributed by atoms with E-state index in [0.29, 0.717) is 41.7 Å². The summed E-state index contributed by atoms with van der Waals surface area (Å²) >= 11 is 11.9. The van der Waals surface area contributed by atoms with Crippen molar-refractivity contribution in [1.29, 1.82) is 0 Å². The maximum absolute atomic E-state index is 12.7. The van der Waals surface area contributed by atoms with Crippen LogP contribution in [-0.4, -0.2) is 48.9 Å². The SMILES string of the molecule is CCNCCNC(=O)C1CCCN1C(=O)c1cc(Cl)cc(Cl)c1.Cl. The molecule has 1 fully saturated rings. The Morgan fingerprint density at radius 3 is 2.50 bits per heavy atom. The average molecular weight is 395 g/mol. The third kappa shape index (κ3) is 5.52. The Balaban J connectivity index is 0.00000288. The zero-order valence-electron chi connectivity index (χ0n) is 13.5. The Kier molecular flexibility index (Phi) is 8.84. The van der Waals surface area contributed by atoms with Crippen LogP contribution in [0.3, 0.4) is 0 Å². The summed E-state index contributed by atoms with van der Waals surface area (Å²) in [5.74, 6) is -0.319. The molecule has 0 saturated carbocycles. The monoisotopic (exact) mass is 393 g/mol. The fraction of sp³-hybridized carbons (Fsp3) is 0.500. The van der Waals surface area contributed by atoms with Crippen LogP contribution in [0.2, 0.25) is 10.0 Å². The quantitative estimate of drug-likeness (QED) is 0.729. The maximum atomic E-state index is 12.7. The summed E-state index contributed by atoms with van der Waals surface area (Å²) in [5.41, 5.74) is 0.412. The minimum Gasteiger partial charge on any atom is -0.353 e. The number of hydrogen-bond donors (Lipinski definition) is 2. The van der Waals surface area contributed by atoms with Crippen LogP contribution in [0.4, 0.5) is 0 Å². The van der Waals surface area contributed by atoms with Gasteiger partial charge in [-0.1, -0.05) is 30.1 Å². The molecule has 0 bridgehead atoms. The largest absolute Gasteiger partial charge is 0.353 e. The lowest BCUT2D eigenvalue weighted by Gasteiger charge is -2.24. The molecule has 0 spiro atoms. The number of halogens is 3. The number of carbonyl (C=O) groups is 2. The molecule has 5 nitrogen and oxygen atoms in total. The zero-order chi connectivity index (χ0) is 16.8. The van der Waals surface area contributed by atoms with E-state index in [1.54, 1.807) is 23.1 Å². The van der Waals surface area contributed by atoms with Gasteiger partial charge in [0, 0.05) is 35.2 Å². The van der Waals surface area contributed by atoms with E-state index in [1.165, 1.54) is 0 Å². The van der Waals surface area contributed by atoms with Gasteiger partial charge in [-0.25, -0.2) is 0 Å². The van der Waals surface area contributed by atoms with Gasteiger partial charge in [0.05, 0.1) is 0 Å². The Labute approximate surface area is 158 Å². The molecule has 2 N–H and O–H groups in total. The molecule has 1 aliphatic heterocycles. The topological polar surface area (TPSA) is 61.4 Å². The Morgan fingerprint density at radius 2 is 1.88 bits per heavy atom. The molecular formula is C16H22Cl3N3O2. The fourth-order valence-corrected chi connectivity index (χ4v) is 3.22. The number of hydrogen-bond acceptors (Lipinski definition) is 3. The van der Waals surface area contributed by atoms with Crippen LogP contribution in [0.1, 0.15) is 30.1 Å². The highest BCUT2D eigenvalue weighted by molar-refractivity contribution is 6.35. The molecular weight excluding hydrogens is 373 g/mol. The molecule has 1 aliphatic rings. The number of amides is 2. The van der Waals surface area contributed by atoms with Gasteiger partial charge in [0.2, 0.25) is 5.91 Å². The summed E-state index contributed by atoms with van der Waals surface area (Å²) in [6.07, 6.45) is 1.48. The van der Waals surface area contributed by atoms with Gasteiger partial charge >= 0.3 is 0 Å². The maximum Gasteiger partial charge on any atom is 0.254 e. The summed E-state index contributed by atoms with van der Waals surface area (Å²) in [5, 5.41) is 6.83. The Bertz CT molecular complexity index is 563. The van der Waals surface area contributed by atoms with Crippen molar-refractivity contribution in [3.05, 3.63) is 33.8 Å². The van der Waals surface area contributed by atoms with Crippen LogP contribution in [-0.2, 0) is 4.79 Å². The molecule has 1 unspecified atom stereocenters. The van der Waals surface area contributed by atoms with Gasteiger partial charge in [-0.2, -0.15) is 0 Å². The van der Waals surface area contributed by atoms with Crippen molar-refractivity contribution in [2.24, 2.45) is 0 Å². The first kappa shape index (κ1) is 21.0. The highest BCUT2D eigenvalue weighted by Crippen LogP contribution is 2.24. The summed E-state index contributed by atoms with van der Waals surface area (Å²) in [7, 11) is 0. The molecule has 1 aromatic carbocycles. The first-order chi connectivity index (χ1) is 11.0. The van der Waals surface area contributed by atoms with Crippen LogP contribution in [0, 0.1) is 0 Å². The number of rotatable bonds is 6. The third-order valence-corrected chi connectivity index (χ3v) is 4.21. The van der Waals surface area contributed by atoms with Gasteiger partial charge in [0.1, 0.15) is 6.04 Å². The number of nitrogens with one attached hydrogen (secondary N) is 2. The molecule has 0 radical (unpaired) electrons. The molecule has 24 heavy (non-hydrogen) atoms. The van der Waals surface area contributed by atoms with Gasteiger partial charge in [-0.3, -0.25) is 9.59 Å². The number of likely N-dealkylation sites (tertiary alicyclic amines) is 1. The normalized spacial score (nSPS) is 16.6. The van der Waals surface area contributed by atoms with E-state index in [1.807, 2.05) is 6.92 Å². The minimum absolute atomic E-state index is 0. The molecule has 134 valence electrons. The molecule has 2 rings (SSSR count). The molecule has 0 aromatic heterocycles. The van der Waals surface area contributed by atoms with Crippen molar-refractivity contribution in [3.63, 3.8) is 0 Å². The first-order valence-corrected chi connectivity index (χ1v) is 8.54. The van der Waals surface area contributed by atoms with Crippen molar-refractivity contribution < 1.29 is 9.59 Å². The summed E-state index contributed by atoms with van der Waals surface area (Å²) in [6, 6.07) is 4.30. The molecule has 8 heteroatoms. The predicted molar refractivity (Wildman–Crippen MR) is 99.3 cm³/mol. The lowest BCUT2D eigenvalue weighted by molar-refractivity contribution is -0.124. The smallest absolute Gasteiger partial charge is 0.254 e. The summed E-state index contributed by atoms with van der Waals surface area (Å²) in [4.78, 5) is 26.6. The number of carbonyl (C=O) groups excluding carboxylic acids is 2. The van der Waals surface area contributed by atoms with Crippen molar-refractivity contribution >= 4 is 47.4 Å². The second kappa shape index (κ2) is 10.1. The van der Waals surface area contributed by atoms with Crippen LogP contribution in [0.5, 0.6) is 0 Å². The van der Waals surface area contributed by atoms with Crippen LogP contribution >= 0.6 is 35.6 Å². The van der Waals surface area contributed by atoms with E-state index in [9.17, 15) is 9.59 Å². The highest BCUT2D eigenvalue weighted by atomic mass is 35.5. The fourth-order valence-electron chi connectivity index (χ4n) is 2.69. The number of likely N-dealkylation sites (N-methyl/N-ethyl adjacent to an activating group) is 1. The van der Waals surface area contributed by atoms with Crippen LogP contribution in [0.25, 0.3) is 0 Å². The van der Waals surface area contributed by atoms with Crippen molar-refractivity contribution in [1.82, 2.24) is 15.5 Å². The molecule has 2 amide bonds. The highest BCUT2D eigenvalue weighted by Gasteiger charge is 2.34. The molecule has 1 saturated heterocycles. The minimum atomic E-state index is -0.429. The molecule has 1 aromatic rings. The second-order valence-corrected chi connectivity index (χ2v) is 6.33. The average Bonchev–Trinajstić information content (AvgIpc) is 2.99. The second-order valence-electron chi connectivity index (χ2n) is 5.46. The Morgan fingerprint density at radius 1 is 1.21 bits per heavy atom. The lowest BCUT2D eigenvalue weighted by Crippen LogP contribution is -2.47. The van der Waals surface area contributed by atoms with Crippen molar-refractivity contribution in [2.45, 2.75) is 25.8 Å². The van der Waals surface area contributed by atoms with Gasteiger partial charge in [-0.05, 0) is 37.6 Å². The summed E-state index contributed by atoms with van der Waals surface area (Å²) in [6.45, 7) is 4.70. The van der Waals surface area contributed by atoms with E-state index in [-0.39, 0.29) is 24.2 Å². The van der Waals surface area contributed by atoms with Crippen LogP contribution in [0.15, 0.2) is 18.2 Å². The number of benzene rings is 1. The van der Waals surface area contributed by atoms with E-state index >= 15 is 0 Å². The standard InChI is InChI=1S/C16H21Cl2N3O2.ClH/c1-2-19-5-6-20-15(22)14-4-3-7-21(14)16(23)11-8-12(17)10-13(18)9-11;/h8-10,14,19H,2-7H2,1H3,(H,20,22);1H. The predicted octanol–water partition coefficient (Wildman–Crippen LogP) is 2.75. The van der Waals surface area contributed by atoms with E-state index < -0.39 is 6.04 Å². The number of nitrogens with zero attached hydrogens (tertiary/aromatic N) is 1. The van der Waals surface area contributed by atoms with E-state index in [2.05, 4.69) is 10.6 Å². The zero-order valence-corrected chi connectivity index (χ0v) is 15.8. The van der Waals surface area contributed by atoms with Gasteiger partial charge in [0.25, 0.3) is 5.91 Å². The van der Waals surface area contributed by atoms with Gasteiger partial charge in [0.15, 0.2) is 0 Å². The molecule has 1 atom stereocenters.